The van der Waals surface area contributed by atoms with Gasteiger partial charge in [0.05, 0.1) is 11.3 Å². The first-order valence-corrected chi connectivity index (χ1v) is 5.23. The fraction of sp³-hybridized carbons (Fsp3) is 0.500. The quantitative estimate of drug-likeness (QED) is 0.886. The Balaban J connectivity index is 0.00000225. The Kier molecular flexibility index (Phi) is 5.45. The van der Waals surface area contributed by atoms with Crippen molar-refractivity contribution in [1.29, 1.82) is 0 Å². The molecule has 0 saturated heterocycles. The molecule has 0 fully saturated rings. The van der Waals surface area contributed by atoms with Crippen molar-refractivity contribution in [2.75, 3.05) is 0 Å². The smallest absolute Gasteiger partial charge is 0.250 e. The summed E-state index contributed by atoms with van der Waals surface area (Å²) in [5.74, 6) is 0.120. The third kappa shape index (κ3) is 2.95. The molecule has 16 heavy (non-hydrogen) atoms. The number of nitrogens with zero attached hydrogens (tertiary/aromatic N) is 1. The Morgan fingerprint density at radius 2 is 1.81 bits per heavy atom. The van der Waals surface area contributed by atoms with Crippen molar-refractivity contribution in [3.8, 4) is 0 Å². The van der Waals surface area contributed by atoms with Gasteiger partial charge >= 0.3 is 0 Å². The van der Waals surface area contributed by atoms with E-state index in [0.717, 1.165) is 11.3 Å². The lowest BCUT2D eigenvalue weighted by Gasteiger charge is -2.15. The zero-order chi connectivity index (χ0) is 11.6. The summed E-state index contributed by atoms with van der Waals surface area (Å²) < 4.78 is 0. The van der Waals surface area contributed by atoms with Gasteiger partial charge in [-0.15, -0.1) is 12.4 Å². The SMILES string of the molecule is CC(C)c1ccnc(C(C)C)c1C(N)=O.Cl. The standard InChI is InChI=1S/C12H18N2O.ClH/c1-7(2)9-5-6-14-11(8(3)4)10(9)12(13)15;/h5-8H,1-4H3,(H2,13,15);1H. The molecule has 0 unspecified atom stereocenters. The van der Waals surface area contributed by atoms with Crippen molar-refractivity contribution in [2.24, 2.45) is 5.73 Å². The molecule has 0 saturated carbocycles. The van der Waals surface area contributed by atoms with E-state index in [9.17, 15) is 4.79 Å². The summed E-state index contributed by atoms with van der Waals surface area (Å²) in [6.07, 6.45) is 1.75. The van der Waals surface area contributed by atoms with Gasteiger partial charge in [0.1, 0.15) is 0 Å². The minimum Gasteiger partial charge on any atom is -0.366 e. The molecule has 0 bridgehead atoms. The van der Waals surface area contributed by atoms with Gasteiger partial charge in [0.2, 0.25) is 0 Å². The van der Waals surface area contributed by atoms with Gasteiger partial charge in [-0.25, -0.2) is 0 Å². The first-order chi connectivity index (χ1) is 6.95. The van der Waals surface area contributed by atoms with Crippen LogP contribution in [0.15, 0.2) is 12.3 Å². The highest BCUT2D eigenvalue weighted by molar-refractivity contribution is 5.95. The molecule has 0 aliphatic carbocycles. The summed E-state index contributed by atoms with van der Waals surface area (Å²) in [6, 6.07) is 1.87. The average molecular weight is 243 g/mol. The molecule has 1 rings (SSSR count). The molecule has 0 atom stereocenters. The van der Waals surface area contributed by atoms with Crippen molar-refractivity contribution in [3.63, 3.8) is 0 Å². The number of carbonyl (C=O) groups is 1. The summed E-state index contributed by atoms with van der Waals surface area (Å²) >= 11 is 0. The first-order valence-electron chi connectivity index (χ1n) is 5.23. The fourth-order valence-corrected chi connectivity index (χ4v) is 1.68. The van der Waals surface area contributed by atoms with Crippen LogP contribution in [-0.2, 0) is 0 Å². The van der Waals surface area contributed by atoms with Crippen molar-refractivity contribution in [3.05, 3.63) is 29.1 Å². The molecular formula is C12H19ClN2O. The summed E-state index contributed by atoms with van der Waals surface area (Å²) in [5, 5.41) is 0. The third-order valence-electron chi connectivity index (χ3n) is 2.43. The van der Waals surface area contributed by atoms with E-state index in [-0.39, 0.29) is 30.2 Å². The Hall–Kier alpha value is -1.09. The van der Waals surface area contributed by atoms with Gasteiger partial charge < -0.3 is 5.73 Å². The number of hydrogen-bond donors (Lipinski definition) is 1. The maximum atomic E-state index is 11.4. The van der Waals surface area contributed by atoms with Crippen molar-refractivity contribution in [2.45, 2.75) is 39.5 Å². The summed E-state index contributed by atoms with van der Waals surface area (Å²) in [5.41, 5.74) is 7.80. The zero-order valence-electron chi connectivity index (χ0n) is 10.2. The zero-order valence-corrected chi connectivity index (χ0v) is 11.0. The Labute approximate surface area is 103 Å². The number of rotatable bonds is 3. The Morgan fingerprint density at radius 3 is 2.19 bits per heavy atom. The van der Waals surface area contributed by atoms with Crippen LogP contribution in [0.25, 0.3) is 0 Å². The van der Waals surface area contributed by atoms with Crippen LogP contribution >= 0.6 is 12.4 Å². The highest BCUT2D eigenvalue weighted by atomic mass is 35.5. The largest absolute Gasteiger partial charge is 0.366 e. The molecule has 0 radical (unpaired) electrons. The number of carbonyl (C=O) groups excluding carboxylic acids is 1. The van der Waals surface area contributed by atoms with Gasteiger partial charge in [-0.1, -0.05) is 27.7 Å². The molecule has 0 spiro atoms. The molecule has 0 aliphatic rings. The number of pyridine rings is 1. The van der Waals surface area contributed by atoms with E-state index in [1.165, 1.54) is 0 Å². The molecule has 1 heterocycles. The van der Waals surface area contributed by atoms with Crippen molar-refractivity contribution < 1.29 is 4.79 Å². The number of aromatic nitrogens is 1. The average Bonchev–Trinajstić information content (AvgIpc) is 2.16. The Bertz CT molecular complexity index is 349. The van der Waals surface area contributed by atoms with Gasteiger partial charge in [0, 0.05) is 6.20 Å². The van der Waals surface area contributed by atoms with Crippen LogP contribution in [0.4, 0.5) is 0 Å². The van der Waals surface area contributed by atoms with Crippen LogP contribution in [0.1, 0.15) is 61.1 Å². The number of hydrogen-bond acceptors (Lipinski definition) is 2. The van der Waals surface area contributed by atoms with Gasteiger partial charge in [-0.05, 0) is 23.5 Å². The summed E-state index contributed by atoms with van der Waals surface area (Å²) in [7, 11) is 0. The second-order valence-corrected chi connectivity index (χ2v) is 4.33. The number of nitrogens with two attached hydrogens (primary N) is 1. The molecular weight excluding hydrogens is 224 g/mol. The molecule has 4 heteroatoms. The predicted octanol–water partition coefficient (Wildman–Crippen LogP) is 2.85. The highest BCUT2D eigenvalue weighted by Gasteiger charge is 2.18. The predicted molar refractivity (Wildman–Crippen MR) is 68.2 cm³/mol. The topological polar surface area (TPSA) is 56.0 Å². The van der Waals surface area contributed by atoms with E-state index < -0.39 is 0 Å². The van der Waals surface area contributed by atoms with Crippen LogP contribution in [0.3, 0.4) is 0 Å². The minimum atomic E-state index is -0.379. The van der Waals surface area contributed by atoms with E-state index in [1.54, 1.807) is 6.20 Å². The molecule has 90 valence electrons. The maximum Gasteiger partial charge on any atom is 0.250 e. The molecule has 3 nitrogen and oxygen atoms in total. The minimum absolute atomic E-state index is 0. The fourth-order valence-electron chi connectivity index (χ4n) is 1.68. The molecule has 1 aromatic rings. The van der Waals surface area contributed by atoms with Crippen molar-refractivity contribution >= 4 is 18.3 Å². The van der Waals surface area contributed by atoms with E-state index in [2.05, 4.69) is 4.98 Å². The lowest BCUT2D eigenvalue weighted by Crippen LogP contribution is -2.19. The normalized spacial score (nSPS) is 10.4. The van der Waals surface area contributed by atoms with E-state index in [4.69, 9.17) is 5.73 Å². The lowest BCUT2D eigenvalue weighted by atomic mass is 9.92. The second-order valence-electron chi connectivity index (χ2n) is 4.33. The number of amides is 1. The third-order valence-corrected chi connectivity index (χ3v) is 2.43. The van der Waals surface area contributed by atoms with Crippen LogP contribution in [0.2, 0.25) is 0 Å². The molecule has 0 aliphatic heterocycles. The van der Waals surface area contributed by atoms with Gasteiger partial charge in [0.15, 0.2) is 0 Å². The molecule has 0 aromatic carbocycles. The number of halogens is 1. The highest BCUT2D eigenvalue weighted by Crippen LogP contribution is 2.25. The van der Waals surface area contributed by atoms with Gasteiger partial charge in [-0.2, -0.15) is 0 Å². The van der Waals surface area contributed by atoms with Crippen LogP contribution in [-0.4, -0.2) is 10.9 Å². The van der Waals surface area contributed by atoms with Crippen LogP contribution < -0.4 is 5.73 Å². The van der Waals surface area contributed by atoms with Crippen molar-refractivity contribution in [1.82, 2.24) is 4.98 Å². The van der Waals surface area contributed by atoms with E-state index in [0.29, 0.717) is 5.56 Å². The summed E-state index contributed by atoms with van der Waals surface area (Å²) in [4.78, 5) is 15.7. The Morgan fingerprint density at radius 1 is 1.25 bits per heavy atom. The first kappa shape index (κ1) is 14.9. The number of primary amides is 1. The molecule has 1 amide bonds. The van der Waals surface area contributed by atoms with E-state index >= 15 is 0 Å². The monoisotopic (exact) mass is 242 g/mol. The van der Waals surface area contributed by atoms with Gasteiger partial charge in [0.25, 0.3) is 5.91 Å². The second kappa shape index (κ2) is 5.85. The molecule has 2 N–H and O–H groups in total. The van der Waals surface area contributed by atoms with Crippen LogP contribution in [0.5, 0.6) is 0 Å². The van der Waals surface area contributed by atoms with Crippen LogP contribution in [0, 0.1) is 0 Å². The lowest BCUT2D eigenvalue weighted by molar-refractivity contribution is 0.0997. The summed E-state index contributed by atoms with van der Waals surface area (Å²) in [6.45, 7) is 8.12. The van der Waals surface area contributed by atoms with E-state index in [1.807, 2.05) is 33.8 Å². The maximum absolute atomic E-state index is 11.4. The van der Waals surface area contributed by atoms with Gasteiger partial charge in [-0.3, -0.25) is 9.78 Å². The molecule has 1 aromatic heterocycles.